The van der Waals surface area contributed by atoms with Crippen molar-refractivity contribution < 1.29 is 9.53 Å². The third kappa shape index (κ3) is 4.07. The summed E-state index contributed by atoms with van der Waals surface area (Å²) in [7, 11) is 0. The number of carbonyl (C=O) groups is 1. The van der Waals surface area contributed by atoms with Gasteiger partial charge in [-0.1, -0.05) is 32.0 Å². The standard InChI is InChI=1S/C23H26N4O3S/c1-4-16-11-17-20(31-16)12-18-23(29)26(25-21(5-2)27(17)18)14-22(28)24-13-15-9-7-8-10-19(15)30-6-3/h7-12H,4-6,13-14H2,1-3H3,(H,24,28). The highest BCUT2D eigenvalue weighted by atomic mass is 32.1. The summed E-state index contributed by atoms with van der Waals surface area (Å²) < 4.78 is 9.87. The highest BCUT2D eigenvalue weighted by molar-refractivity contribution is 7.19. The number of carbonyl (C=O) groups excluding carboxylic acids is 1. The molecule has 1 amide bonds. The molecule has 7 nitrogen and oxygen atoms in total. The molecule has 0 radical (unpaired) electrons. The third-order valence-corrected chi connectivity index (χ3v) is 6.41. The van der Waals surface area contributed by atoms with E-state index in [4.69, 9.17) is 4.74 Å². The molecule has 1 aromatic carbocycles. The first-order valence-electron chi connectivity index (χ1n) is 10.6. The molecule has 0 aliphatic rings. The van der Waals surface area contributed by atoms with Gasteiger partial charge in [0, 0.05) is 23.4 Å². The average molecular weight is 439 g/mol. The van der Waals surface area contributed by atoms with Crippen LogP contribution in [0.5, 0.6) is 5.75 Å². The van der Waals surface area contributed by atoms with Crippen LogP contribution in [0.15, 0.2) is 41.2 Å². The summed E-state index contributed by atoms with van der Waals surface area (Å²) in [6, 6.07) is 11.6. The predicted octanol–water partition coefficient (Wildman–Crippen LogP) is 3.55. The van der Waals surface area contributed by atoms with Gasteiger partial charge in [0.1, 0.15) is 23.6 Å². The van der Waals surface area contributed by atoms with Crippen LogP contribution in [0.1, 0.15) is 37.0 Å². The second-order valence-electron chi connectivity index (χ2n) is 7.23. The van der Waals surface area contributed by atoms with Crippen LogP contribution in [-0.4, -0.2) is 26.7 Å². The fraction of sp³-hybridized carbons (Fsp3) is 0.348. The minimum absolute atomic E-state index is 0.127. The van der Waals surface area contributed by atoms with Gasteiger partial charge < -0.3 is 10.1 Å². The predicted molar refractivity (Wildman–Crippen MR) is 123 cm³/mol. The number of nitrogens with one attached hydrogen (secondary N) is 1. The zero-order chi connectivity index (χ0) is 22.0. The molecule has 0 aliphatic heterocycles. The first-order valence-corrected chi connectivity index (χ1v) is 11.4. The molecule has 3 heterocycles. The van der Waals surface area contributed by atoms with Gasteiger partial charge in [-0.05, 0) is 31.5 Å². The summed E-state index contributed by atoms with van der Waals surface area (Å²) in [6.07, 6.45) is 1.61. The first kappa shape index (κ1) is 21.1. The van der Waals surface area contributed by atoms with Crippen molar-refractivity contribution in [3.05, 3.63) is 63.0 Å². The molecule has 0 saturated carbocycles. The molecule has 0 fully saturated rings. The van der Waals surface area contributed by atoms with E-state index >= 15 is 0 Å². The van der Waals surface area contributed by atoms with Crippen LogP contribution in [0.2, 0.25) is 0 Å². The zero-order valence-electron chi connectivity index (χ0n) is 18.0. The van der Waals surface area contributed by atoms with E-state index in [-0.39, 0.29) is 18.0 Å². The SMILES string of the molecule is CCOc1ccccc1CNC(=O)Cn1nc(CC)n2c(cc3sc(CC)cc32)c1=O. The largest absolute Gasteiger partial charge is 0.494 e. The minimum atomic E-state index is -0.269. The molecule has 4 aromatic rings. The molecule has 0 atom stereocenters. The number of rotatable bonds is 8. The van der Waals surface area contributed by atoms with Crippen molar-refractivity contribution in [3.63, 3.8) is 0 Å². The second-order valence-corrected chi connectivity index (χ2v) is 8.40. The van der Waals surface area contributed by atoms with Crippen molar-refractivity contribution in [1.29, 1.82) is 0 Å². The third-order valence-electron chi connectivity index (χ3n) is 5.20. The lowest BCUT2D eigenvalue weighted by atomic mass is 10.2. The molecule has 31 heavy (non-hydrogen) atoms. The molecule has 0 aliphatic carbocycles. The summed E-state index contributed by atoms with van der Waals surface area (Å²) in [5.41, 5.74) is 2.21. The molecule has 8 heteroatoms. The van der Waals surface area contributed by atoms with E-state index in [0.717, 1.165) is 33.8 Å². The van der Waals surface area contributed by atoms with E-state index in [9.17, 15) is 9.59 Å². The lowest BCUT2D eigenvalue weighted by Crippen LogP contribution is -2.35. The number of ether oxygens (including phenoxy) is 1. The number of hydrogen-bond donors (Lipinski definition) is 1. The van der Waals surface area contributed by atoms with Crippen LogP contribution < -0.4 is 15.6 Å². The van der Waals surface area contributed by atoms with Crippen molar-refractivity contribution in [2.45, 2.75) is 46.7 Å². The summed E-state index contributed by atoms with van der Waals surface area (Å²) in [6.45, 7) is 6.79. The van der Waals surface area contributed by atoms with Gasteiger partial charge in [-0.15, -0.1) is 11.3 Å². The fourth-order valence-electron chi connectivity index (χ4n) is 3.68. The van der Waals surface area contributed by atoms with E-state index in [1.54, 1.807) is 11.3 Å². The van der Waals surface area contributed by atoms with Crippen LogP contribution in [-0.2, 0) is 30.7 Å². The Labute approximate surface area is 184 Å². The smallest absolute Gasteiger partial charge is 0.291 e. The van der Waals surface area contributed by atoms with Crippen molar-refractivity contribution in [1.82, 2.24) is 19.5 Å². The van der Waals surface area contributed by atoms with Gasteiger partial charge in [-0.25, -0.2) is 4.68 Å². The Morgan fingerprint density at radius 3 is 2.68 bits per heavy atom. The average Bonchev–Trinajstić information content (AvgIpc) is 3.33. The fourth-order valence-corrected chi connectivity index (χ4v) is 4.71. The Morgan fingerprint density at radius 1 is 1.13 bits per heavy atom. The number of hydrogen-bond acceptors (Lipinski definition) is 5. The van der Waals surface area contributed by atoms with Crippen LogP contribution in [0.4, 0.5) is 0 Å². The van der Waals surface area contributed by atoms with Crippen LogP contribution >= 0.6 is 11.3 Å². The zero-order valence-corrected chi connectivity index (χ0v) is 18.8. The Morgan fingerprint density at radius 2 is 1.94 bits per heavy atom. The molecular weight excluding hydrogens is 412 g/mol. The number of fused-ring (bicyclic) bond motifs is 3. The molecule has 4 rings (SSSR count). The topological polar surface area (TPSA) is 77.6 Å². The first-order chi connectivity index (χ1) is 15.0. The summed E-state index contributed by atoms with van der Waals surface area (Å²) in [5.74, 6) is 1.24. The van der Waals surface area contributed by atoms with Crippen LogP contribution in [0.25, 0.3) is 15.7 Å². The summed E-state index contributed by atoms with van der Waals surface area (Å²) in [5, 5.41) is 7.38. The Kier molecular flexibility index (Phi) is 6.08. The van der Waals surface area contributed by atoms with Crippen molar-refractivity contribution >= 4 is 33.0 Å². The lowest BCUT2D eigenvalue weighted by Gasteiger charge is -2.12. The quantitative estimate of drug-likeness (QED) is 0.456. The van der Waals surface area contributed by atoms with E-state index in [2.05, 4.69) is 23.4 Å². The van der Waals surface area contributed by atoms with Crippen molar-refractivity contribution in [3.8, 4) is 5.75 Å². The Balaban J connectivity index is 1.59. The number of thiophene rings is 1. The van der Waals surface area contributed by atoms with E-state index in [1.807, 2.05) is 48.6 Å². The molecule has 1 N–H and O–H groups in total. The Bertz CT molecular complexity index is 1300. The molecule has 162 valence electrons. The summed E-state index contributed by atoms with van der Waals surface area (Å²) in [4.78, 5) is 26.9. The molecule has 0 spiro atoms. The van der Waals surface area contributed by atoms with Crippen molar-refractivity contribution in [2.24, 2.45) is 0 Å². The van der Waals surface area contributed by atoms with Crippen molar-refractivity contribution in [2.75, 3.05) is 6.61 Å². The number of aromatic nitrogens is 3. The van der Waals surface area contributed by atoms with Crippen LogP contribution in [0, 0.1) is 0 Å². The maximum absolute atomic E-state index is 13.1. The molecular formula is C23H26N4O3S. The van der Waals surface area contributed by atoms with E-state index < -0.39 is 0 Å². The monoisotopic (exact) mass is 438 g/mol. The second kappa shape index (κ2) is 8.93. The Hall–Kier alpha value is -3.13. The van der Waals surface area contributed by atoms with Gasteiger partial charge in [0.15, 0.2) is 0 Å². The molecule has 3 aromatic heterocycles. The van der Waals surface area contributed by atoms with E-state index in [1.165, 1.54) is 9.56 Å². The molecule has 0 unspecified atom stereocenters. The number of nitrogens with zero attached hydrogens (tertiary/aromatic N) is 3. The highest BCUT2D eigenvalue weighted by Crippen LogP contribution is 2.29. The summed E-state index contributed by atoms with van der Waals surface area (Å²) >= 11 is 1.69. The maximum Gasteiger partial charge on any atom is 0.291 e. The van der Waals surface area contributed by atoms with Gasteiger partial charge in [-0.3, -0.25) is 14.0 Å². The van der Waals surface area contributed by atoms with Gasteiger partial charge in [0.05, 0.1) is 16.8 Å². The molecule has 0 saturated heterocycles. The van der Waals surface area contributed by atoms with E-state index in [0.29, 0.717) is 25.1 Å². The molecule has 0 bridgehead atoms. The minimum Gasteiger partial charge on any atom is -0.494 e. The number of benzene rings is 1. The lowest BCUT2D eigenvalue weighted by molar-refractivity contribution is -0.122. The van der Waals surface area contributed by atoms with Crippen LogP contribution in [0.3, 0.4) is 0 Å². The maximum atomic E-state index is 13.1. The normalized spacial score (nSPS) is 11.3. The number of para-hydroxylation sites is 1. The number of aryl methyl sites for hydroxylation is 2. The highest BCUT2D eigenvalue weighted by Gasteiger charge is 2.17. The van der Waals surface area contributed by atoms with Gasteiger partial charge in [0.25, 0.3) is 5.56 Å². The number of amides is 1. The van der Waals surface area contributed by atoms with Gasteiger partial charge in [-0.2, -0.15) is 5.10 Å². The van der Waals surface area contributed by atoms with Gasteiger partial charge in [0.2, 0.25) is 5.91 Å². The van der Waals surface area contributed by atoms with Gasteiger partial charge >= 0.3 is 0 Å².